The first-order valence-corrected chi connectivity index (χ1v) is 11.6. The lowest BCUT2D eigenvalue weighted by atomic mass is 10.1. The Bertz CT molecular complexity index is 1210. The van der Waals surface area contributed by atoms with Crippen LogP contribution in [0.15, 0.2) is 77.7 Å². The maximum absolute atomic E-state index is 13.6. The smallest absolute Gasteiger partial charge is 0.264 e. The Morgan fingerprint density at radius 1 is 0.935 bits per heavy atom. The maximum atomic E-state index is 13.6. The highest BCUT2D eigenvalue weighted by Crippen LogP contribution is 2.36. The molecule has 0 bridgehead atoms. The highest BCUT2D eigenvalue weighted by atomic mass is 32.2. The fourth-order valence-corrected chi connectivity index (χ4v) is 5.50. The van der Waals surface area contributed by atoms with Crippen molar-refractivity contribution in [2.24, 2.45) is 5.73 Å². The van der Waals surface area contributed by atoms with Crippen LogP contribution in [0.3, 0.4) is 0 Å². The molecule has 7 heteroatoms. The molecule has 4 rings (SSSR count). The number of rotatable bonds is 5. The summed E-state index contributed by atoms with van der Waals surface area (Å²) >= 11 is 0. The standard InChI is InChI=1S/C24H25N3O3S/c1-18-12-13-20(16-21(18)24(25)28)31(29,30)27-15-7-14-26(17-19-8-3-2-4-9-19)22-10-5-6-11-23(22)27/h2-6,8-13,16H,7,14-15,17H2,1H3,(H2,25,28). The zero-order valence-electron chi connectivity index (χ0n) is 17.4. The van der Waals surface area contributed by atoms with Crippen LogP contribution in [0.4, 0.5) is 11.4 Å². The molecular formula is C24H25N3O3S. The third-order valence-electron chi connectivity index (χ3n) is 5.56. The molecule has 0 radical (unpaired) electrons. The van der Waals surface area contributed by atoms with E-state index >= 15 is 0 Å². The Balaban J connectivity index is 1.75. The topological polar surface area (TPSA) is 83.7 Å². The average molecular weight is 436 g/mol. The van der Waals surface area contributed by atoms with Gasteiger partial charge < -0.3 is 10.6 Å². The van der Waals surface area contributed by atoms with Crippen LogP contribution in [0.2, 0.25) is 0 Å². The molecule has 6 nitrogen and oxygen atoms in total. The fraction of sp³-hybridized carbons (Fsp3) is 0.208. The van der Waals surface area contributed by atoms with E-state index in [4.69, 9.17) is 5.73 Å². The summed E-state index contributed by atoms with van der Waals surface area (Å²) in [5, 5.41) is 0. The fourth-order valence-electron chi connectivity index (χ4n) is 3.96. The number of anilines is 2. The molecule has 160 valence electrons. The van der Waals surface area contributed by atoms with Crippen molar-refractivity contribution in [2.45, 2.75) is 24.8 Å². The van der Waals surface area contributed by atoms with Gasteiger partial charge in [-0.2, -0.15) is 0 Å². The van der Waals surface area contributed by atoms with Gasteiger partial charge >= 0.3 is 0 Å². The summed E-state index contributed by atoms with van der Waals surface area (Å²) in [6.45, 7) is 3.52. The highest BCUT2D eigenvalue weighted by Gasteiger charge is 2.30. The zero-order chi connectivity index (χ0) is 22.0. The molecule has 3 aromatic rings. The molecular weight excluding hydrogens is 410 g/mol. The number of sulfonamides is 1. The molecule has 0 saturated carbocycles. The SMILES string of the molecule is Cc1ccc(S(=O)(=O)N2CCCN(Cc3ccccc3)c3ccccc32)cc1C(N)=O. The Morgan fingerprint density at radius 3 is 2.32 bits per heavy atom. The molecule has 1 amide bonds. The van der Waals surface area contributed by atoms with Crippen LogP contribution in [-0.2, 0) is 16.6 Å². The molecule has 0 unspecified atom stereocenters. The predicted octanol–water partition coefficient (Wildman–Crippen LogP) is 3.70. The van der Waals surface area contributed by atoms with Gasteiger partial charge in [-0.3, -0.25) is 9.10 Å². The molecule has 2 N–H and O–H groups in total. The summed E-state index contributed by atoms with van der Waals surface area (Å²) < 4.78 is 28.7. The molecule has 0 atom stereocenters. The van der Waals surface area contributed by atoms with Crippen molar-refractivity contribution in [1.29, 1.82) is 0 Å². The van der Waals surface area contributed by atoms with E-state index in [1.54, 1.807) is 13.0 Å². The number of nitrogens with zero attached hydrogens (tertiary/aromatic N) is 2. The molecule has 1 aliphatic heterocycles. The minimum atomic E-state index is -3.87. The van der Waals surface area contributed by atoms with Crippen molar-refractivity contribution in [1.82, 2.24) is 0 Å². The van der Waals surface area contributed by atoms with Crippen molar-refractivity contribution in [3.63, 3.8) is 0 Å². The summed E-state index contributed by atoms with van der Waals surface area (Å²) in [6.07, 6.45) is 0.676. The van der Waals surface area contributed by atoms with Crippen molar-refractivity contribution in [3.8, 4) is 0 Å². The largest absolute Gasteiger partial charge is 0.366 e. The van der Waals surface area contributed by atoms with Crippen molar-refractivity contribution in [2.75, 3.05) is 22.3 Å². The number of para-hydroxylation sites is 2. The summed E-state index contributed by atoms with van der Waals surface area (Å²) in [4.78, 5) is 14.0. The third kappa shape index (κ3) is 4.14. The van der Waals surface area contributed by atoms with Crippen LogP contribution in [0, 0.1) is 6.92 Å². The Labute approximate surface area is 183 Å². The first-order valence-electron chi connectivity index (χ1n) is 10.2. The molecule has 1 aliphatic rings. The van der Waals surface area contributed by atoms with Crippen LogP contribution in [-0.4, -0.2) is 27.4 Å². The first kappa shape index (κ1) is 20.9. The Kier molecular flexibility index (Phi) is 5.69. The maximum Gasteiger partial charge on any atom is 0.264 e. The molecule has 0 saturated heterocycles. The molecule has 0 spiro atoms. The first-order chi connectivity index (χ1) is 14.9. The predicted molar refractivity (Wildman–Crippen MR) is 123 cm³/mol. The minimum absolute atomic E-state index is 0.0678. The van der Waals surface area contributed by atoms with E-state index in [1.165, 1.54) is 22.0 Å². The zero-order valence-corrected chi connectivity index (χ0v) is 18.2. The molecule has 0 aromatic heterocycles. The van der Waals surface area contributed by atoms with E-state index < -0.39 is 15.9 Å². The van der Waals surface area contributed by atoms with Crippen molar-refractivity contribution >= 4 is 27.3 Å². The molecule has 0 fully saturated rings. The molecule has 0 aliphatic carbocycles. The minimum Gasteiger partial charge on any atom is -0.366 e. The second-order valence-electron chi connectivity index (χ2n) is 7.67. The van der Waals surface area contributed by atoms with Gasteiger partial charge in [-0.1, -0.05) is 48.5 Å². The number of aryl methyl sites for hydroxylation is 1. The molecule has 3 aromatic carbocycles. The van der Waals surface area contributed by atoms with E-state index in [1.807, 2.05) is 42.5 Å². The quantitative estimate of drug-likeness (QED) is 0.662. The van der Waals surface area contributed by atoms with Gasteiger partial charge in [-0.05, 0) is 48.7 Å². The van der Waals surface area contributed by atoms with Gasteiger partial charge in [0.2, 0.25) is 5.91 Å². The van der Waals surface area contributed by atoms with E-state index in [0.29, 0.717) is 30.8 Å². The van der Waals surface area contributed by atoms with Crippen LogP contribution >= 0.6 is 0 Å². The highest BCUT2D eigenvalue weighted by molar-refractivity contribution is 7.92. The third-order valence-corrected chi connectivity index (χ3v) is 7.37. The van der Waals surface area contributed by atoms with Crippen LogP contribution in [0.1, 0.15) is 27.9 Å². The number of fused-ring (bicyclic) bond motifs is 1. The van der Waals surface area contributed by atoms with Gasteiger partial charge in [-0.15, -0.1) is 0 Å². The van der Waals surface area contributed by atoms with Gasteiger partial charge in [0.1, 0.15) is 0 Å². The summed E-state index contributed by atoms with van der Waals surface area (Å²) in [5.41, 5.74) is 8.98. The Morgan fingerprint density at radius 2 is 1.61 bits per heavy atom. The van der Waals surface area contributed by atoms with Crippen LogP contribution in [0.5, 0.6) is 0 Å². The number of amides is 1. The number of hydrogen-bond acceptors (Lipinski definition) is 4. The number of nitrogens with two attached hydrogens (primary N) is 1. The van der Waals surface area contributed by atoms with E-state index in [9.17, 15) is 13.2 Å². The lowest BCUT2D eigenvalue weighted by molar-refractivity contribution is 0.0999. The van der Waals surface area contributed by atoms with Gasteiger partial charge in [0.25, 0.3) is 10.0 Å². The normalized spacial score (nSPS) is 14.1. The van der Waals surface area contributed by atoms with Crippen molar-refractivity contribution in [3.05, 3.63) is 89.5 Å². The second kappa shape index (κ2) is 8.43. The lowest BCUT2D eigenvalue weighted by Gasteiger charge is -2.27. The number of carbonyl (C=O) groups is 1. The summed E-state index contributed by atoms with van der Waals surface area (Å²) in [6, 6.07) is 22.2. The van der Waals surface area contributed by atoms with Gasteiger partial charge in [0.15, 0.2) is 0 Å². The van der Waals surface area contributed by atoms with Crippen LogP contribution in [0.25, 0.3) is 0 Å². The number of hydrogen-bond donors (Lipinski definition) is 1. The summed E-state index contributed by atoms with van der Waals surface area (Å²) in [7, 11) is -3.87. The molecule has 31 heavy (non-hydrogen) atoms. The van der Waals surface area contributed by atoms with Crippen molar-refractivity contribution < 1.29 is 13.2 Å². The van der Waals surface area contributed by atoms with Gasteiger partial charge in [-0.25, -0.2) is 8.42 Å². The Hall–Kier alpha value is -3.32. The average Bonchev–Trinajstić information content (AvgIpc) is 2.94. The summed E-state index contributed by atoms with van der Waals surface area (Å²) in [5.74, 6) is -0.639. The monoisotopic (exact) mass is 435 g/mol. The number of primary amides is 1. The molecule has 1 heterocycles. The van der Waals surface area contributed by atoms with Gasteiger partial charge in [0, 0.05) is 25.2 Å². The number of benzene rings is 3. The van der Waals surface area contributed by atoms with Gasteiger partial charge in [0.05, 0.1) is 16.3 Å². The van der Waals surface area contributed by atoms with E-state index in [-0.39, 0.29) is 10.5 Å². The lowest BCUT2D eigenvalue weighted by Crippen LogP contribution is -2.32. The second-order valence-corrected chi connectivity index (χ2v) is 9.53. The van der Waals surface area contributed by atoms with Crippen LogP contribution < -0.4 is 14.9 Å². The van der Waals surface area contributed by atoms with E-state index in [2.05, 4.69) is 17.0 Å². The van der Waals surface area contributed by atoms with E-state index in [0.717, 1.165) is 12.2 Å². The number of carbonyl (C=O) groups excluding carboxylic acids is 1.